The van der Waals surface area contributed by atoms with Gasteiger partial charge in [0.25, 0.3) is 5.56 Å². The molecule has 3 aromatic heterocycles. The van der Waals surface area contributed by atoms with Gasteiger partial charge < -0.3 is 15.6 Å². The van der Waals surface area contributed by atoms with Crippen LogP contribution < -0.4 is 16.0 Å². The van der Waals surface area contributed by atoms with Crippen LogP contribution in [0.25, 0.3) is 21.3 Å². The van der Waals surface area contributed by atoms with E-state index >= 15 is 0 Å². The number of halogens is 4. The summed E-state index contributed by atoms with van der Waals surface area (Å²) in [5.41, 5.74) is 9.42. The van der Waals surface area contributed by atoms with Gasteiger partial charge in [0.1, 0.15) is 18.2 Å². The van der Waals surface area contributed by atoms with Crippen LogP contribution in [-0.4, -0.2) is 74.8 Å². The van der Waals surface area contributed by atoms with E-state index in [1.807, 2.05) is 6.07 Å². The second kappa shape index (κ2) is 13.4. The lowest BCUT2D eigenvalue weighted by Crippen LogP contribution is -2.60. The van der Waals surface area contributed by atoms with Crippen LogP contribution >= 0.6 is 22.9 Å². The lowest BCUT2D eigenvalue weighted by atomic mass is 9.77. The Balaban J connectivity index is 1.22. The van der Waals surface area contributed by atoms with E-state index in [4.69, 9.17) is 27.1 Å². The van der Waals surface area contributed by atoms with Crippen LogP contribution in [0.4, 0.5) is 13.2 Å². The van der Waals surface area contributed by atoms with Crippen LogP contribution in [0.2, 0.25) is 5.02 Å². The smallest absolute Gasteiger partial charge is 0.491 e. The van der Waals surface area contributed by atoms with E-state index in [1.54, 1.807) is 42.0 Å². The molecule has 256 valence electrons. The molecular weight excluding hydrogens is 671 g/mol. The number of aromatic carboxylic acids is 1. The van der Waals surface area contributed by atoms with Gasteiger partial charge in [-0.3, -0.25) is 24.0 Å². The van der Waals surface area contributed by atoms with Crippen LogP contribution in [-0.2, 0) is 24.1 Å². The van der Waals surface area contributed by atoms with Gasteiger partial charge in [0.15, 0.2) is 0 Å². The van der Waals surface area contributed by atoms with Crippen molar-refractivity contribution in [2.24, 2.45) is 5.73 Å². The summed E-state index contributed by atoms with van der Waals surface area (Å²) in [5.74, 6) is -0.000289. The van der Waals surface area contributed by atoms with Gasteiger partial charge in [-0.1, -0.05) is 11.6 Å². The molecule has 1 atom stereocenters. The van der Waals surface area contributed by atoms with Gasteiger partial charge in [-0.15, -0.1) is 24.5 Å². The third kappa shape index (κ3) is 6.81. The molecule has 1 aromatic carbocycles. The Morgan fingerprint density at radius 3 is 2.62 bits per heavy atom. The first-order chi connectivity index (χ1) is 22.8. The molecular formula is C33H35ClF3N5O5S. The highest BCUT2D eigenvalue weighted by Gasteiger charge is 2.43. The maximum absolute atomic E-state index is 13.9. The molecule has 10 nitrogen and oxygen atoms in total. The third-order valence-electron chi connectivity index (χ3n) is 9.35. The fourth-order valence-electron chi connectivity index (χ4n) is 6.96. The first-order valence-electron chi connectivity index (χ1n) is 15.6. The SMILES string of the molecule is Cc1cc(-c2cc(Cl)ccc2OCCn2c(C)nc3c(c2=O)C[C@@](CN)(N2CCC(OC(F)(F)F)CC2)CC3)c2scc(C(=O)O)c2n1. The second-order valence-electron chi connectivity index (χ2n) is 12.3. The van der Waals surface area contributed by atoms with E-state index in [0.717, 1.165) is 11.3 Å². The molecule has 6 rings (SSSR count). The summed E-state index contributed by atoms with van der Waals surface area (Å²) in [6.45, 7) is 4.94. The number of likely N-dealkylation sites (tertiary alicyclic amines) is 1. The van der Waals surface area contributed by atoms with Gasteiger partial charge in [-0.2, -0.15) is 0 Å². The molecule has 0 spiro atoms. The number of nitrogens with zero attached hydrogens (tertiary/aromatic N) is 4. The average Bonchev–Trinajstić information content (AvgIpc) is 3.46. The number of aryl methyl sites for hydroxylation is 3. The molecule has 0 amide bonds. The van der Waals surface area contributed by atoms with Crippen LogP contribution in [0.1, 0.15) is 52.4 Å². The number of piperidine rings is 1. The van der Waals surface area contributed by atoms with E-state index in [9.17, 15) is 27.9 Å². The van der Waals surface area contributed by atoms with E-state index in [-0.39, 0.29) is 43.7 Å². The highest BCUT2D eigenvalue weighted by Crippen LogP contribution is 2.40. The summed E-state index contributed by atoms with van der Waals surface area (Å²) < 4.78 is 51.1. The Bertz CT molecular complexity index is 1920. The van der Waals surface area contributed by atoms with Crippen molar-refractivity contribution in [2.75, 3.05) is 26.2 Å². The lowest BCUT2D eigenvalue weighted by molar-refractivity contribution is -0.346. The van der Waals surface area contributed by atoms with Crippen LogP contribution in [0, 0.1) is 13.8 Å². The molecule has 1 fully saturated rings. The Labute approximate surface area is 283 Å². The monoisotopic (exact) mass is 705 g/mol. The van der Waals surface area contributed by atoms with Crippen molar-refractivity contribution >= 4 is 39.1 Å². The fourth-order valence-corrected chi connectivity index (χ4v) is 8.14. The Kier molecular flexibility index (Phi) is 9.57. The van der Waals surface area contributed by atoms with Crippen molar-refractivity contribution in [1.82, 2.24) is 19.4 Å². The standard InChI is InChI=1S/C33H35ClF3N5O5S/c1-18-13-23(29-28(39-18)25(16-48-29)31(44)45)22-14-20(34)3-4-27(22)46-12-11-42-19(2)40-26-5-8-32(17-38,15-24(26)30(42)43)41-9-6-21(7-10-41)47-33(35,36)37/h3-4,13-14,16,21H,5-12,15,17,38H2,1-2H3,(H,44,45)/t32-/m0/s1. The maximum atomic E-state index is 13.9. The first-order valence-corrected chi connectivity index (χ1v) is 16.9. The van der Waals surface area contributed by atoms with Gasteiger partial charge in [0, 0.05) is 58.0 Å². The number of thiophene rings is 1. The number of pyridine rings is 1. The lowest BCUT2D eigenvalue weighted by Gasteiger charge is -2.48. The molecule has 4 heterocycles. The van der Waals surface area contributed by atoms with Crippen LogP contribution in [0.5, 0.6) is 5.75 Å². The topological polar surface area (TPSA) is 133 Å². The van der Waals surface area contributed by atoms with E-state index in [0.29, 0.717) is 76.0 Å². The average molecular weight is 706 g/mol. The minimum atomic E-state index is -4.67. The van der Waals surface area contributed by atoms with Crippen molar-refractivity contribution in [3.05, 3.63) is 73.4 Å². The Morgan fingerprint density at radius 1 is 1.19 bits per heavy atom. The molecule has 0 saturated carbocycles. The largest absolute Gasteiger partial charge is 0.522 e. The summed E-state index contributed by atoms with van der Waals surface area (Å²) in [4.78, 5) is 37.1. The molecule has 15 heteroatoms. The zero-order valence-corrected chi connectivity index (χ0v) is 28.0. The van der Waals surface area contributed by atoms with Crippen LogP contribution in [0.3, 0.4) is 0 Å². The summed E-state index contributed by atoms with van der Waals surface area (Å²) in [7, 11) is 0. The number of rotatable bonds is 9. The second-order valence-corrected chi connectivity index (χ2v) is 13.6. The molecule has 1 saturated heterocycles. The summed E-state index contributed by atoms with van der Waals surface area (Å²) in [6, 6.07) is 7.06. The van der Waals surface area contributed by atoms with Gasteiger partial charge in [-0.25, -0.2) is 9.78 Å². The highest BCUT2D eigenvalue weighted by atomic mass is 35.5. The van der Waals surface area contributed by atoms with Crippen LogP contribution in [0.15, 0.2) is 34.4 Å². The number of carbonyl (C=O) groups is 1. The number of ether oxygens (including phenoxy) is 2. The van der Waals surface area contributed by atoms with Gasteiger partial charge in [0.05, 0.1) is 34.1 Å². The molecule has 1 aliphatic carbocycles. The van der Waals surface area contributed by atoms with E-state index in [1.165, 1.54) is 11.3 Å². The van der Waals surface area contributed by atoms with Crippen molar-refractivity contribution in [3.63, 3.8) is 0 Å². The zero-order valence-electron chi connectivity index (χ0n) is 26.4. The third-order valence-corrected chi connectivity index (χ3v) is 10.6. The summed E-state index contributed by atoms with van der Waals surface area (Å²) in [5, 5.41) is 11.7. The van der Waals surface area contributed by atoms with E-state index < -0.39 is 24.0 Å². The van der Waals surface area contributed by atoms with Crippen molar-refractivity contribution < 1.29 is 32.5 Å². The summed E-state index contributed by atoms with van der Waals surface area (Å²) >= 11 is 7.68. The van der Waals surface area contributed by atoms with Crippen molar-refractivity contribution in [3.8, 4) is 16.9 Å². The Morgan fingerprint density at radius 2 is 1.94 bits per heavy atom. The molecule has 48 heavy (non-hydrogen) atoms. The van der Waals surface area contributed by atoms with Crippen molar-refractivity contribution in [1.29, 1.82) is 0 Å². The highest BCUT2D eigenvalue weighted by molar-refractivity contribution is 7.18. The predicted molar refractivity (Wildman–Crippen MR) is 176 cm³/mol. The zero-order chi connectivity index (χ0) is 34.4. The van der Waals surface area contributed by atoms with E-state index in [2.05, 4.69) is 14.6 Å². The summed E-state index contributed by atoms with van der Waals surface area (Å²) in [6.07, 6.45) is -3.56. The van der Waals surface area contributed by atoms with Crippen molar-refractivity contribution in [2.45, 2.75) is 70.5 Å². The minimum absolute atomic E-state index is 0.123. The number of benzene rings is 1. The minimum Gasteiger partial charge on any atom is -0.491 e. The Hall–Kier alpha value is -3.56. The van der Waals surface area contributed by atoms with Gasteiger partial charge >= 0.3 is 12.3 Å². The molecule has 0 unspecified atom stereocenters. The molecule has 2 aliphatic rings. The fraction of sp³-hybridized carbons (Fsp3) is 0.455. The molecule has 0 bridgehead atoms. The number of alkyl halides is 3. The van der Waals surface area contributed by atoms with Gasteiger partial charge in [-0.05, 0) is 70.2 Å². The predicted octanol–water partition coefficient (Wildman–Crippen LogP) is 5.75. The molecule has 3 N–H and O–H groups in total. The normalized spacial score (nSPS) is 19.1. The maximum Gasteiger partial charge on any atom is 0.522 e. The van der Waals surface area contributed by atoms with Gasteiger partial charge in [0.2, 0.25) is 0 Å². The number of carboxylic acids is 1. The molecule has 1 aliphatic heterocycles. The molecule has 4 aromatic rings. The number of carboxylic acid groups (broad SMARTS) is 1. The quantitative estimate of drug-likeness (QED) is 0.223. The number of hydrogen-bond donors (Lipinski definition) is 2. The number of hydrogen-bond acceptors (Lipinski definition) is 9. The first kappa shape index (κ1) is 34.3. The number of nitrogens with two attached hydrogens (primary N) is 1. The number of fused-ring (bicyclic) bond motifs is 2. The number of aromatic nitrogens is 3. The molecule has 0 radical (unpaired) electrons.